The van der Waals surface area contributed by atoms with Crippen LogP contribution in [-0.2, 0) is 5.41 Å². The van der Waals surface area contributed by atoms with Gasteiger partial charge in [-0.2, -0.15) is 0 Å². The van der Waals surface area contributed by atoms with E-state index in [0.717, 1.165) is 0 Å². The molecule has 0 aliphatic heterocycles. The van der Waals surface area contributed by atoms with E-state index in [2.05, 4.69) is 26.1 Å². The molecule has 0 fully saturated rings. The van der Waals surface area contributed by atoms with Gasteiger partial charge in [-0.15, -0.1) is 0 Å². The van der Waals surface area contributed by atoms with Crippen molar-refractivity contribution in [3.8, 4) is 0 Å². The van der Waals surface area contributed by atoms with Crippen molar-refractivity contribution >= 4 is 5.69 Å². The summed E-state index contributed by atoms with van der Waals surface area (Å²) in [4.78, 5) is 25.7. The summed E-state index contributed by atoms with van der Waals surface area (Å²) in [5.74, 6) is 0. The lowest BCUT2D eigenvalue weighted by atomic mass is 9.81. The van der Waals surface area contributed by atoms with Crippen molar-refractivity contribution in [3.63, 3.8) is 0 Å². The Bertz CT molecular complexity index is 540. The molecule has 0 amide bonds. The van der Waals surface area contributed by atoms with Crippen molar-refractivity contribution in [3.05, 3.63) is 26.0 Å². The first kappa shape index (κ1) is 16.9. The minimum atomic E-state index is -0.346. The summed E-state index contributed by atoms with van der Waals surface area (Å²) in [6.07, 6.45) is 0. The van der Waals surface area contributed by atoms with E-state index in [0.29, 0.717) is 17.8 Å². The van der Waals surface area contributed by atoms with Gasteiger partial charge in [0.25, 0.3) is 0 Å². The molecule has 4 nitrogen and oxygen atoms in total. The fraction of sp³-hybridized carbons (Fsp3) is 0.750. The largest absolute Gasteiger partial charge is 0.369 e. The monoisotopic (exact) mass is 280 g/mol. The average Bonchev–Trinajstić information content (AvgIpc) is 2.27. The van der Waals surface area contributed by atoms with Gasteiger partial charge < -0.3 is 10.2 Å². The molecule has 4 heteroatoms. The fourth-order valence-electron chi connectivity index (χ4n) is 2.60. The highest BCUT2D eigenvalue weighted by atomic mass is 16.2. The van der Waals surface area contributed by atoms with Crippen LogP contribution >= 0.6 is 0 Å². The average molecular weight is 280 g/mol. The van der Waals surface area contributed by atoms with Crippen molar-refractivity contribution < 1.29 is 0 Å². The Morgan fingerprint density at radius 3 is 1.90 bits per heavy atom. The second-order valence-electron chi connectivity index (χ2n) is 7.72. The summed E-state index contributed by atoms with van der Waals surface area (Å²) in [6, 6.07) is 0.240. The maximum Gasteiger partial charge on any atom is 0.249 e. The minimum absolute atomic E-state index is 0.0856. The van der Waals surface area contributed by atoms with Crippen LogP contribution < -0.4 is 21.1 Å². The number of anilines is 1. The van der Waals surface area contributed by atoms with E-state index in [9.17, 15) is 9.59 Å². The van der Waals surface area contributed by atoms with E-state index in [1.54, 1.807) is 0 Å². The van der Waals surface area contributed by atoms with Crippen LogP contribution in [0.15, 0.2) is 9.59 Å². The molecule has 1 unspecified atom stereocenters. The Morgan fingerprint density at radius 1 is 1.05 bits per heavy atom. The molecule has 1 N–H and O–H groups in total. The number of hydrogen-bond acceptors (Lipinski definition) is 4. The number of hydrogen-bond donors (Lipinski definition) is 1. The molecule has 0 heterocycles. The number of likely N-dealkylation sites (N-methyl/N-ethyl adjacent to an activating group) is 2. The summed E-state index contributed by atoms with van der Waals surface area (Å²) >= 11 is 0. The Hall–Kier alpha value is -1.16. The van der Waals surface area contributed by atoms with Crippen LogP contribution in [0.5, 0.6) is 0 Å². The smallest absolute Gasteiger partial charge is 0.249 e. The second kappa shape index (κ2) is 5.32. The van der Waals surface area contributed by atoms with Crippen LogP contribution in [0.1, 0.15) is 47.1 Å². The van der Waals surface area contributed by atoms with Gasteiger partial charge in [0.1, 0.15) is 0 Å². The molecule has 1 aromatic rings. The Morgan fingerprint density at radius 2 is 1.55 bits per heavy atom. The van der Waals surface area contributed by atoms with Crippen molar-refractivity contribution in [2.45, 2.75) is 53.0 Å². The van der Waals surface area contributed by atoms with Gasteiger partial charge in [-0.05, 0) is 17.9 Å². The predicted octanol–water partition coefficient (Wildman–Crippen LogP) is 1.65. The number of nitrogens with zero attached hydrogens (tertiary/aromatic N) is 1. The molecular weight excluding hydrogens is 252 g/mol. The van der Waals surface area contributed by atoms with Crippen LogP contribution in [0.4, 0.5) is 5.69 Å². The van der Waals surface area contributed by atoms with E-state index in [4.69, 9.17) is 0 Å². The molecular formula is C16H28N2O2. The van der Waals surface area contributed by atoms with Crippen LogP contribution in [0, 0.1) is 5.41 Å². The standard InChI is InChI=1S/C16H28N2O2/c1-15(2,3)10(17-7)9-18(8)12-11(16(4,5)6)13(19)14(12)20/h10,17H,9H2,1-8H3. The van der Waals surface area contributed by atoms with E-state index < -0.39 is 0 Å². The first-order chi connectivity index (χ1) is 8.91. The van der Waals surface area contributed by atoms with Gasteiger partial charge in [-0.1, -0.05) is 41.5 Å². The molecule has 0 saturated carbocycles. The van der Waals surface area contributed by atoms with Gasteiger partial charge in [-0.25, -0.2) is 0 Å². The Kier molecular flexibility index (Phi) is 4.49. The van der Waals surface area contributed by atoms with Crippen LogP contribution in [0.25, 0.3) is 0 Å². The van der Waals surface area contributed by atoms with Gasteiger partial charge in [-0.3, -0.25) is 9.59 Å². The third-order valence-corrected chi connectivity index (χ3v) is 3.87. The summed E-state index contributed by atoms with van der Waals surface area (Å²) in [5.41, 5.74) is 0.381. The summed E-state index contributed by atoms with van der Waals surface area (Å²) in [7, 11) is 3.82. The van der Waals surface area contributed by atoms with Gasteiger partial charge in [0.15, 0.2) is 0 Å². The molecule has 1 rings (SSSR count). The van der Waals surface area contributed by atoms with E-state index >= 15 is 0 Å². The predicted molar refractivity (Wildman–Crippen MR) is 85.6 cm³/mol. The molecule has 114 valence electrons. The lowest BCUT2D eigenvalue weighted by Gasteiger charge is -2.36. The first-order valence-electron chi connectivity index (χ1n) is 7.13. The lowest BCUT2D eigenvalue weighted by molar-refractivity contribution is 0.285. The highest BCUT2D eigenvalue weighted by Gasteiger charge is 2.34. The zero-order valence-electron chi connectivity index (χ0n) is 14.0. The maximum absolute atomic E-state index is 11.9. The van der Waals surface area contributed by atoms with Crippen molar-refractivity contribution in [2.75, 3.05) is 25.5 Å². The fourth-order valence-corrected chi connectivity index (χ4v) is 2.60. The van der Waals surface area contributed by atoms with Crippen molar-refractivity contribution in [1.29, 1.82) is 0 Å². The molecule has 0 aliphatic carbocycles. The molecule has 1 aromatic carbocycles. The zero-order valence-corrected chi connectivity index (χ0v) is 14.0. The van der Waals surface area contributed by atoms with E-state index in [1.807, 2.05) is 39.8 Å². The third-order valence-electron chi connectivity index (χ3n) is 3.87. The van der Waals surface area contributed by atoms with Gasteiger partial charge in [0, 0.05) is 25.2 Å². The van der Waals surface area contributed by atoms with Crippen LogP contribution in [-0.4, -0.2) is 26.7 Å². The van der Waals surface area contributed by atoms with Crippen molar-refractivity contribution in [2.24, 2.45) is 5.41 Å². The molecule has 0 aliphatic rings. The highest BCUT2D eigenvalue weighted by molar-refractivity contribution is 5.61. The quantitative estimate of drug-likeness (QED) is 0.852. The van der Waals surface area contributed by atoms with Gasteiger partial charge in [0.2, 0.25) is 10.9 Å². The molecule has 20 heavy (non-hydrogen) atoms. The Labute approximate surface area is 121 Å². The van der Waals surface area contributed by atoms with Crippen LogP contribution in [0.2, 0.25) is 0 Å². The Balaban J connectivity index is 3.06. The zero-order chi connectivity index (χ0) is 15.9. The summed E-state index contributed by atoms with van der Waals surface area (Å²) < 4.78 is 0. The van der Waals surface area contributed by atoms with E-state index in [-0.39, 0.29) is 27.7 Å². The maximum atomic E-state index is 11.9. The SMILES string of the molecule is CNC(CN(C)c1c(C(C)(C)C)c(=O)c1=O)C(C)(C)C. The van der Waals surface area contributed by atoms with Crippen molar-refractivity contribution in [1.82, 2.24) is 5.32 Å². The molecule has 0 saturated heterocycles. The lowest BCUT2D eigenvalue weighted by Crippen LogP contribution is -2.51. The second-order valence-corrected chi connectivity index (χ2v) is 7.72. The minimum Gasteiger partial charge on any atom is -0.369 e. The molecule has 0 radical (unpaired) electrons. The van der Waals surface area contributed by atoms with Gasteiger partial charge >= 0.3 is 0 Å². The molecule has 1 atom stereocenters. The molecule has 0 bridgehead atoms. The normalized spacial score (nSPS) is 14.6. The highest BCUT2D eigenvalue weighted by Crippen LogP contribution is 2.29. The topological polar surface area (TPSA) is 49.4 Å². The first-order valence-corrected chi connectivity index (χ1v) is 7.13. The van der Waals surface area contributed by atoms with E-state index in [1.165, 1.54) is 0 Å². The molecule has 0 spiro atoms. The number of nitrogens with one attached hydrogen (secondary N) is 1. The molecule has 0 aromatic heterocycles. The third kappa shape index (κ3) is 3.11. The summed E-state index contributed by atoms with van der Waals surface area (Å²) in [5, 5.41) is 3.30. The van der Waals surface area contributed by atoms with Crippen LogP contribution in [0.3, 0.4) is 0 Å². The summed E-state index contributed by atoms with van der Waals surface area (Å²) in [6.45, 7) is 13.1. The number of rotatable bonds is 4. The van der Waals surface area contributed by atoms with Gasteiger partial charge in [0.05, 0.1) is 5.69 Å².